The molecule has 0 aliphatic carbocycles. The zero-order valence-electron chi connectivity index (χ0n) is 21.7. The minimum atomic E-state index is -1.16. The average molecular weight is 515 g/mol. The quantitative estimate of drug-likeness (QED) is 0.215. The number of aromatic amines is 1. The fourth-order valence-corrected chi connectivity index (χ4v) is 3.81. The van der Waals surface area contributed by atoms with Crippen LogP contribution >= 0.6 is 0 Å². The molecule has 0 aliphatic heterocycles. The van der Waals surface area contributed by atoms with Gasteiger partial charge in [0.05, 0.1) is 12.4 Å². The van der Waals surface area contributed by atoms with Crippen LogP contribution in [-0.4, -0.2) is 62.9 Å². The van der Waals surface area contributed by atoms with Crippen molar-refractivity contribution in [3.8, 4) is 0 Å². The van der Waals surface area contributed by atoms with Gasteiger partial charge in [-0.1, -0.05) is 58.0 Å². The minimum Gasteiger partial charge on any atom is -0.480 e. The molecule has 0 saturated carbocycles. The molecule has 11 heteroatoms. The highest BCUT2D eigenvalue weighted by Crippen LogP contribution is 2.10. The Morgan fingerprint density at radius 1 is 0.919 bits per heavy atom. The van der Waals surface area contributed by atoms with E-state index in [1.165, 1.54) is 6.33 Å². The first-order valence-corrected chi connectivity index (χ1v) is 12.4. The Balaban J connectivity index is 2.19. The molecule has 4 unspecified atom stereocenters. The van der Waals surface area contributed by atoms with E-state index in [4.69, 9.17) is 5.73 Å². The maximum absolute atomic E-state index is 13.3. The van der Waals surface area contributed by atoms with Crippen LogP contribution in [0.2, 0.25) is 0 Å². The highest BCUT2D eigenvalue weighted by molar-refractivity contribution is 5.94. The number of carbonyl (C=O) groups is 4. The van der Waals surface area contributed by atoms with Crippen LogP contribution < -0.4 is 21.7 Å². The molecule has 0 bridgehead atoms. The molecule has 0 saturated heterocycles. The molecule has 2 aromatic rings. The SMILES string of the molecule is CC(C)CC(NC(=O)C(N)Cc1cnc[nH]1)C(=O)NC(Cc1ccccc1)C(=O)NC(C(=O)O)C(C)C. The van der Waals surface area contributed by atoms with Gasteiger partial charge >= 0.3 is 5.97 Å². The monoisotopic (exact) mass is 514 g/mol. The van der Waals surface area contributed by atoms with E-state index in [1.54, 1.807) is 20.0 Å². The van der Waals surface area contributed by atoms with Crippen molar-refractivity contribution < 1.29 is 24.3 Å². The molecule has 11 nitrogen and oxygen atoms in total. The average Bonchev–Trinajstić information content (AvgIpc) is 3.34. The topological polar surface area (TPSA) is 179 Å². The summed E-state index contributed by atoms with van der Waals surface area (Å²) in [5.41, 5.74) is 7.51. The molecule has 0 aliphatic rings. The van der Waals surface area contributed by atoms with E-state index >= 15 is 0 Å². The number of hydrogen-bond acceptors (Lipinski definition) is 6. The Bertz CT molecular complexity index is 1030. The van der Waals surface area contributed by atoms with Crippen LogP contribution in [-0.2, 0) is 32.0 Å². The fourth-order valence-electron chi connectivity index (χ4n) is 3.81. The lowest BCUT2D eigenvalue weighted by molar-refractivity contribution is -0.143. The first-order chi connectivity index (χ1) is 17.5. The summed E-state index contributed by atoms with van der Waals surface area (Å²) in [6.45, 7) is 7.19. The highest BCUT2D eigenvalue weighted by Gasteiger charge is 2.31. The van der Waals surface area contributed by atoms with Crippen LogP contribution in [0.15, 0.2) is 42.9 Å². The van der Waals surface area contributed by atoms with Crippen LogP contribution in [0.25, 0.3) is 0 Å². The molecule has 7 N–H and O–H groups in total. The Labute approximate surface area is 217 Å². The summed E-state index contributed by atoms with van der Waals surface area (Å²) in [5.74, 6) is -3.15. The number of carbonyl (C=O) groups excluding carboxylic acids is 3. The van der Waals surface area contributed by atoms with Gasteiger partial charge in [0.15, 0.2) is 0 Å². The zero-order valence-corrected chi connectivity index (χ0v) is 21.7. The molecule has 202 valence electrons. The van der Waals surface area contributed by atoms with Crippen LogP contribution in [0.1, 0.15) is 45.4 Å². The van der Waals surface area contributed by atoms with Crippen molar-refractivity contribution in [1.82, 2.24) is 25.9 Å². The first-order valence-electron chi connectivity index (χ1n) is 12.4. The lowest BCUT2D eigenvalue weighted by Crippen LogP contribution is -2.58. The number of nitrogens with two attached hydrogens (primary N) is 1. The van der Waals surface area contributed by atoms with Crippen molar-refractivity contribution in [1.29, 1.82) is 0 Å². The van der Waals surface area contributed by atoms with Crippen LogP contribution in [0, 0.1) is 11.8 Å². The smallest absolute Gasteiger partial charge is 0.326 e. The highest BCUT2D eigenvalue weighted by atomic mass is 16.4. The summed E-state index contributed by atoms with van der Waals surface area (Å²) >= 11 is 0. The molecular formula is C26H38N6O5. The largest absolute Gasteiger partial charge is 0.480 e. The Hall–Kier alpha value is -3.73. The van der Waals surface area contributed by atoms with Gasteiger partial charge in [0.1, 0.15) is 18.1 Å². The molecule has 0 fully saturated rings. The van der Waals surface area contributed by atoms with Gasteiger partial charge in [0, 0.05) is 24.7 Å². The lowest BCUT2D eigenvalue weighted by atomic mass is 9.99. The number of aliphatic carboxylic acids is 1. The molecule has 4 atom stereocenters. The van der Waals surface area contributed by atoms with Gasteiger partial charge in [-0.15, -0.1) is 0 Å². The zero-order chi connectivity index (χ0) is 27.5. The van der Waals surface area contributed by atoms with Crippen molar-refractivity contribution in [2.24, 2.45) is 17.6 Å². The second kappa shape index (κ2) is 14.1. The number of H-pyrrole nitrogens is 1. The van der Waals surface area contributed by atoms with Gasteiger partial charge in [-0.05, 0) is 23.8 Å². The van der Waals surface area contributed by atoms with E-state index in [0.717, 1.165) is 5.56 Å². The van der Waals surface area contributed by atoms with E-state index < -0.39 is 47.9 Å². The van der Waals surface area contributed by atoms with Crippen molar-refractivity contribution in [3.63, 3.8) is 0 Å². The lowest BCUT2D eigenvalue weighted by Gasteiger charge is -2.27. The van der Waals surface area contributed by atoms with E-state index in [-0.39, 0.29) is 24.7 Å². The molecule has 0 spiro atoms. The molecular weight excluding hydrogens is 476 g/mol. The Morgan fingerprint density at radius 2 is 1.54 bits per heavy atom. The predicted molar refractivity (Wildman–Crippen MR) is 138 cm³/mol. The Morgan fingerprint density at radius 3 is 2.08 bits per heavy atom. The standard InChI is InChI=1S/C26H38N6O5/c1-15(2)10-20(30-23(33)19(27)12-18-13-28-14-29-18)24(34)31-21(11-17-8-6-5-7-9-17)25(35)32-22(16(3)4)26(36)37/h5-9,13-16,19-22H,10-12,27H2,1-4H3,(H,28,29)(H,30,33)(H,31,34)(H,32,35)(H,36,37). The third-order valence-electron chi connectivity index (χ3n) is 5.82. The molecule has 2 rings (SSSR count). The normalized spacial score (nSPS) is 14.5. The summed E-state index contributed by atoms with van der Waals surface area (Å²) < 4.78 is 0. The van der Waals surface area contributed by atoms with Crippen LogP contribution in [0.5, 0.6) is 0 Å². The molecule has 1 heterocycles. The molecule has 1 aromatic heterocycles. The first kappa shape index (κ1) is 29.5. The van der Waals surface area contributed by atoms with Crippen molar-refractivity contribution >= 4 is 23.7 Å². The second-order valence-electron chi connectivity index (χ2n) is 9.90. The van der Waals surface area contributed by atoms with Gasteiger partial charge in [0.25, 0.3) is 0 Å². The van der Waals surface area contributed by atoms with Gasteiger partial charge in [0.2, 0.25) is 17.7 Å². The van der Waals surface area contributed by atoms with Gasteiger partial charge in [-0.2, -0.15) is 0 Å². The maximum Gasteiger partial charge on any atom is 0.326 e. The number of hydrogen-bond donors (Lipinski definition) is 6. The van der Waals surface area contributed by atoms with Crippen LogP contribution in [0.3, 0.4) is 0 Å². The second-order valence-corrected chi connectivity index (χ2v) is 9.90. The molecule has 1 aromatic carbocycles. The number of nitrogens with zero attached hydrogens (tertiary/aromatic N) is 1. The third kappa shape index (κ3) is 9.68. The number of carboxylic acids is 1. The molecule has 37 heavy (non-hydrogen) atoms. The predicted octanol–water partition coefficient (Wildman–Crippen LogP) is 0.763. The van der Waals surface area contributed by atoms with Gasteiger partial charge in [-0.3, -0.25) is 14.4 Å². The van der Waals surface area contributed by atoms with Gasteiger partial charge in [-0.25, -0.2) is 9.78 Å². The number of rotatable bonds is 14. The molecule has 3 amide bonds. The van der Waals surface area contributed by atoms with Gasteiger partial charge < -0.3 is 31.8 Å². The number of carboxylic acid groups (broad SMARTS) is 1. The number of nitrogens with one attached hydrogen (secondary N) is 4. The summed E-state index contributed by atoms with van der Waals surface area (Å²) in [7, 11) is 0. The van der Waals surface area contributed by atoms with Crippen molar-refractivity contribution in [3.05, 3.63) is 54.1 Å². The number of benzene rings is 1. The summed E-state index contributed by atoms with van der Waals surface area (Å²) in [6.07, 6.45) is 3.73. The third-order valence-corrected chi connectivity index (χ3v) is 5.82. The fraction of sp³-hybridized carbons (Fsp3) is 0.500. The van der Waals surface area contributed by atoms with E-state index in [1.807, 2.05) is 44.2 Å². The Kier molecular flexibility index (Phi) is 11.3. The van der Waals surface area contributed by atoms with E-state index in [0.29, 0.717) is 12.1 Å². The van der Waals surface area contributed by atoms with Crippen LogP contribution in [0.4, 0.5) is 0 Å². The summed E-state index contributed by atoms with van der Waals surface area (Å²) in [4.78, 5) is 57.7. The van der Waals surface area contributed by atoms with Crippen molar-refractivity contribution in [2.45, 2.75) is 71.1 Å². The summed E-state index contributed by atoms with van der Waals surface area (Å²) in [5, 5.41) is 17.5. The number of imidazole rings is 1. The van der Waals surface area contributed by atoms with E-state index in [9.17, 15) is 24.3 Å². The van der Waals surface area contributed by atoms with Crippen molar-refractivity contribution in [2.75, 3.05) is 0 Å². The maximum atomic E-state index is 13.3. The minimum absolute atomic E-state index is 0.0543. The number of aromatic nitrogens is 2. The molecule has 0 radical (unpaired) electrons. The summed E-state index contributed by atoms with van der Waals surface area (Å²) in [6, 6.07) is 5.05. The number of amides is 3. The van der Waals surface area contributed by atoms with E-state index in [2.05, 4.69) is 25.9 Å².